The van der Waals surface area contributed by atoms with Crippen molar-refractivity contribution in [3.63, 3.8) is 0 Å². The third kappa shape index (κ3) is 23.4. The summed E-state index contributed by atoms with van der Waals surface area (Å²) in [6.45, 7) is -1.54. The van der Waals surface area contributed by atoms with Gasteiger partial charge in [-0.3, -0.25) is 20.9 Å². The average Bonchev–Trinajstić information content (AvgIpc) is 2.94. The molecule has 0 N–H and O–H groups in total. The molecule has 2 heterocycles. The van der Waals surface area contributed by atoms with Gasteiger partial charge in [0.1, 0.15) is 30.5 Å². The van der Waals surface area contributed by atoms with E-state index < -0.39 is 114 Å². The maximum Gasteiger partial charge on any atom is 1.00 e. The van der Waals surface area contributed by atoms with Gasteiger partial charge in [-0.25, -0.2) is 42.1 Å². The van der Waals surface area contributed by atoms with Gasteiger partial charge in [0.2, 0.25) is 52.0 Å². The Morgan fingerprint density at radius 3 is 1.41 bits per heavy atom. The molecule has 33 heteroatoms. The van der Waals surface area contributed by atoms with Crippen LogP contribution < -0.4 is 257 Å². The predicted molar refractivity (Wildman–Crippen MR) is 103 cm³/mol. The molecule has 2 saturated heterocycles. The van der Waals surface area contributed by atoms with Crippen molar-refractivity contribution in [2.24, 2.45) is 0 Å². The van der Waals surface area contributed by atoms with Gasteiger partial charge in [-0.15, -0.1) is 0 Å². The molecule has 0 radical (unpaired) electrons. The Hall–Kier alpha value is 7.41. The number of hydrogen-bond donors (Lipinski definition) is 0. The van der Waals surface area contributed by atoms with E-state index in [1.807, 2.05) is 0 Å². The topological polar surface area (TPSA) is 360 Å². The van der Waals surface area contributed by atoms with Gasteiger partial charge >= 0.3 is 257 Å². The molecule has 0 bridgehead atoms. The Balaban J connectivity index is -0.00000160. The fraction of sp³-hybridized carbons (Fsp3) is 1.00. The summed E-state index contributed by atoms with van der Waals surface area (Å²) in [6.07, 6.45) is -18.2. The van der Waals surface area contributed by atoms with Crippen molar-refractivity contribution < 1.29 is 357 Å². The number of rotatable bonds is 13. The van der Waals surface area contributed by atoms with Crippen LogP contribution in [-0.2, 0) is 87.1 Å². The van der Waals surface area contributed by atoms with E-state index >= 15 is 0 Å². The zero-order valence-electron chi connectivity index (χ0n) is 23.5. The molecule has 0 spiro atoms. The van der Waals surface area contributed by atoms with Gasteiger partial charge in [-0.05, 0) is 6.92 Å². The molecule has 8 atom stereocenters. The van der Waals surface area contributed by atoms with Crippen LogP contribution in [0.5, 0.6) is 0 Å². The summed E-state index contributed by atoms with van der Waals surface area (Å²) < 4.78 is 202. The van der Waals surface area contributed by atoms with Crippen LogP contribution in [0.4, 0.5) is 0 Å². The SMILES string of the molecule is C[C@H]1O[C@H](COS(=O)(=O)[O-])[C@@H](O[C@@H]2OC[C@H](OS(=O)(=O)[O-])[C@H](OS(=O)(=O)[O-])[C@H]2OS(=O)(=O)[O-])[C@@H]1OS(=O)(=O)[O-].[K+].[K+].[K+].[K+].[K+]. The van der Waals surface area contributed by atoms with E-state index in [9.17, 15) is 64.9 Å². The molecule has 0 unspecified atom stereocenters. The quantitative estimate of drug-likeness (QED) is 0.0942. The van der Waals surface area contributed by atoms with Gasteiger partial charge in [0, 0.05) is 0 Å². The Labute approximate surface area is 465 Å². The minimum Gasteiger partial charge on any atom is -0.726 e. The van der Waals surface area contributed by atoms with Crippen LogP contribution >= 0.6 is 0 Å². The predicted octanol–water partition coefficient (Wildman–Crippen LogP) is -20.6. The average molecular weight is 871 g/mol. The van der Waals surface area contributed by atoms with Crippen molar-refractivity contribution in [1.29, 1.82) is 0 Å². The molecule has 23 nitrogen and oxygen atoms in total. The Morgan fingerprint density at radius 1 is 0.591 bits per heavy atom. The van der Waals surface area contributed by atoms with E-state index in [4.69, 9.17) is 14.2 Å². The summed E-state index contributed by atoms with van der Waals surface area (Å²) in [6, 6.07) is 0. The molecule has 2 fully saturated rings. The molecule has 0 aliphatic carbocycles. The molecule has 2 aliphatic heterocycles. The molecule has 0 aromatic heterocycles. The van der Waals surface area contributed by atoms with E-state index in [0.717, 1.165) is 6.92 Å². The van der Waals surface area contributed by atoms with Gasteiger partial charge in [-0.1, -0.05) is 0 Å². The standard InChI is InChI=1S/C11H20O23S5.5K/c1-4-7(32-37(18,19)20)8(5(29-4)3-28-35(12,13)14)30-11-10(34-39(24,25)26)9(33-38(21,22)23)6(2-27-11)31-36(15,16)17;;;;;/h4-11H,2-3H2,1H3,(H,12,13,14)(H,15,16,17)(H,18,19,20)(H,21,22,23)(H,24,25,26);;;;;/q;5*+1/p-5/t4-,5-,6+,7-,8-,9+,10-,11+;;;;;/m1...../s1. The van der Waals surface area contributed by atoms with Crippen molar-refractivity contribution in [3.8, 4) is 0 Å². The molecular formula is C11H15K5O23S5. The largest absolute Gasteiger partial charge is 1.00 e. The van der Waals surface area contributed by atoms with Crippen LogP contribution in [0.3, 0.4) is 0 Å². The minimum atomic E-state index is -5.97. The summed E-state index contributed by atoms with van der Waals surface area (Å²) in [5.41, 5.74) is 0. The number of hydrogen-bond acceptors (Lipinski definition) is 23. The van der Waals surface area contributed by atoms with E-state index in [2.05, 4.69) is 20.9 Å². The second-order valence-electron chi connectivity index (χ2n) is 7.33. The van der Waals surface area contributed by atoms with Gasteiger partial charge in [-0.2, -0.15) is 0 Å². The monoisotopic (exact) mass is 870 g/mol. The fourth-order valence-electron chi connectivity index (χ4n) is 3.37. The first kappa shape index (κ1) is 58.1. The second-order valence-corrected chi connectivity index (χ2v) is 12.4. The molecule has 0 saturated carbocycles. The molecule has 0 aromatic carbocycles. The van der Waals surface area contributed by atoms with Crippen LogP contribution in [0.25, 0.3) is 0 Å². The normalized spacial score (nSPS) is 29.5. The van der Waals surface area contributed by atoms with Crippen molar-refractivity contribution in [3.05, 3.63) is 0 Å². The first-order chi connectivity index (χ1) is 17.3. The van der Waals surface area contributed by atoms with Crippen LogP contribution in [-0.4, -0.2) is 127 Å². The molecule has 44 heavy (non-hydrogen) atoms. The van der Waals surface area contributed by atoms with E-state index in [-0.39, 0.29) is 257 Å². The van der Waals surface area contributed by atoms with Gasteiger partial charge in [0.25, 0.3) is 0 Å². The maximum atomic E-state index is 11.3. The van der Waals surface area contributed by atoms with Crippen LogP contribution in [0.2, 0.25) is 0 Å². The van der Waals surface area contributed by atoms with Gasteiger partial charge < -0.3 is 37.0 Å². The van der Waals surface area contributed by atoms with Crippen LogP contribution in [0.1, 0.15) is 6.92 Å². The Kier molecular flexibility index (Phi) is 31.9. The molecule has 2 rings (SSSR count). The summed E-state index contributed by atoms with van der Waals surface area (Å²) in [4.78, 5) is 0. The maximum absolute atomic E-state index is 11.3. The molecule has 2 aliphatic rings. The van der Waals surface area contributed by atoms with E-state index in [1.54, 1.807) is 0 Å². The summed E-state index contributed by atoms with van der Waals surface area (Å²) in [5.74, 6) is 0. The summed E-state index contributed by atoms with van der Waals surface area (Å²) in [5, 5.41) is 0. The molecule has 0 aromatic rings. The fourth-order valence-corrected chi connectivity index (χ4v) is 5.65. The summed E-state index contributed by atoms with van der Waals surface area (Å²) in [7, 11) is -28.7. The van der Waals surface area contributed by atoms with Crippen molar-refractivity contribution in [2.75, 3.05) is 13.2 Å². The smallest absolute Gasteiger partial charge is 0.726 e. The zero-order valence-corrected chi connectivity index (χ0v) is 43.2. The van der Waals surface area contributed by atoms with Crippen LogP contribution in [0.15, 0.2) is 0 Å². The second kappa shape index (κ2) is 24.1. The summed E-state index contributed by atoms with van der Waals surface area (Å²) >= 11 is 0. The molecular weight excluding hydrogens is 856 g/mol. The number of ether oxygens (including phenoxy) is 3. The molecule has 232 valence electrons. The first-order valence-electron chi connectivity index (χ1n) is 9.43. The van der Waals surface area contributed by atoms with Crippen LogP contribution in [0, 0.1) is 0 Å². The zero-order chi connectivity index (χ0) is 30.2. The third-order valence-electron chi connectivity index (χ3n) is 4.52. The molecule has 0 amide bonds. The van der Waals surface area contributed by atoms with E-state index in [0.29, 0.717) is 0 Å². The van der Waals surface area contributed by atoms with E-state index in [1.165, 1.54) is 0 Å². The first-order valence-corrected chi connectivity index (χ1v) is 16.1. The van der Waals surface area contributed by atoms with Gasteiger partial charge in [0.05, 0.1) is 19.3 Å². The van der Waals surface area contributed by atoms with Crippen molar-refractivity contribution >= 4 is 52.0 Å². The van der Waals surface area contributed by atoms with Crippen molar-refractivity contribution in [2.45, 2.75) is 55.9 Å². The third-order valence-corrected chi connectivity index (χ3v) is 6.80. The Bertz CT molecular complexity index is 1420. The Morgan fingerprint density at radius 2 is 1.00 bits per heavy atom. The van der Waals surface area contributed by atoms with Crippen molar-refractivity contribution in [1.82, 2.24) is 0 Å². The minimum absolute atomic E-state index is 0. The van der Waals surface area contributed by atoms with Gasteiger partial charge in [0.15, 0.2) is 12.4 Å².